The number of ketones is 3. The molecule has 0 N–H and O–H groups in total. The highest BCUT2D eigenvalue weighted by atomic mass is 16.5. The van der Waals surface area contributed by atoms with Crippen molar-refractivity contribution in [2.45, 2.75) is 92.4 Å². The number of benzene rings is 1. The molecule has 3 atom stereocenters. The number of carbonyl (C=O) groups excluding carboxylic acids is 4. The SMILES string of the molecule is CCCC(CC1CC(=O)c2c(ccc(CCC(=O)OCC)c2C)C1)C(CC)C(=O)CC(C)=O. The third kappa shape index (κ3) is 7.35. The van der Waals surface area contributed by atoms with E-state index in [0.717, 1.165) is 54.4 Å². The van der Waals surface area contributed by atoms with Crippen LogP contribution in [0.2, 0.25) is 0 Å². The third-order valence-corrected chi connectivity index (χ3v) is 6.97. The van der Waals surface area contributed by atoms with Gasteiger partial charge in [-0.15, -0.1) is 0 Å². The summed E-state index contributed by atoms with van der Waals surface area (Å²) in [5.41, 5.74) is 3.90. The Bertz CT molecular complexity index is 869. The maximum Gasteiger partial charge on any atom is 0.306 e. The zero-order valence-electron chi connectivity index (χ0n) is 21.0. The molecule has 5 heteroatoms. The first kappa shape index (κ1) is 26.9. The Labute approximate surface area is 198 Å². The summed E-state index contributed by atoms with van der Waals surface area (Å²) in [4.78, 5) is 49.1. The molecule has 1 aliphatic rings. The van der Waals surface area contributed by atoms with Crippen molar-refractivity contribution in [3.8, 4) is 0 Å². The van der Waals surface area contributed by atoms with E-state index in [-0.39, 0.29) is 47.5 Å². The molecule has 0 aromatic heterocycles. The van der Waals surface area contributed by atoms with Crippen LogP contribution < -0.4 is 0 Å². The Morgan fingerprint density at radius 1 is 1.12 bits per heavy atom. The Balaban J connectivity index is 2.16. The van der Waals surface area contributed by atoms with Gasteiger partial charge in [-0.25, -0.2) is 0 Å². The first-order valence-corrected chi connectivity index (χ1v) is 12.5. The van der Waals surface area contributed by atoms with Crippen LogP contribution in [0, 0.1) is 24.7 Å². The lowest BCUT2D eigenvalue weighted by atomic mass is 9.72. The van der Waals surface area contributed by atoms with Gasteiger partial charge in [-0.05, 0) is 75.0 Å². The zero-order chi connectivity index (χ0) is 24.5. The molecular weight excluding hydrogens is 416 g/mol. The third-order valence-electron chi connectivity index (χ3n) is 6.97. The van der Waals surface area contributed by atoms with Gasteiger partial charge in [0.2, 0.25) is 0 Å². The molecule has 1 aromatic carbocycles. The van der Waals surface area contributed by atoms with Gasteiger partial charge in [0.05, 0.1) is 13.0 Å². The molecule has 0 amide bonds. The quantitative estimate of drug-likeness (QED) is 0.284. The van der Waals surface area contributed by atoms with Crippen molar-refractivity contribution in [3.05, 3.63) is 34.4 Å². The smallest absolute Gasteiger partial charge is 0.306 e. The topological polar surface area (TPSA) is 77.5 Å². The number of esters is 1. The number of hydrogen-bond donors (Lipinski definition) is 0. The van der Waals surface area contributed by atoms with Crippen molar-refractivity contribution in [2.75, 3.05) is 6.61 Å². The molecule has 0 saturated heterocycles. The fourth-order valence-electron chi connectivity index (χ4n) is 5.51. The maximum atomic E-state index is 13.2. The molecule has 0 spiro atoms. The van der Waals surface area contributed by atoms with E-state index in [4.69, 9.17) is 4.74 Å². The lowest BCUT2D eigenvalue weighted by Gasteiger charge is -2.32. The van der Waals surface area contributed by atoms with Gasteiger partial charge in [-0.1, -0.05) is 38.8 Å². The average Bonchev–Trinajstić information content (AvgIpc) is 2.73. The molecule has 0 saturated carbocycles. The number of rotatable bonds is 13. The first-order valence-electron chi connectivity index (χ1n) is 12.5. The Kier molecular flexibility index (Phi) is 10.5. The Morgan fingerprint density at radius 3 is 2.45 bits per heavy atom. The van der Waals surface area contributed by atoms with Crippen LogP contribution in [0.5, 0.6) is 0 Å². The van der Waals surface area contributed by atoms with Crippen molar-refractivity contribution in [1.29, 1.82) is 0 Å². The Morgan fingerprint density at radius 2 is 1.85 bits per heavy atom. The molecule has 33 heavy (non-hydrogen) atoms. The van der Waals surface area contributed by atoms with E-state index in [1.807, 2.05) is 26.0 Å². The van der Waals surface area contributed by atoms with Gasteiger partial charge in [-0.3, -0.25) is 19.2 Å². The van der Waals surface area contributed by atoms with E-state index >= 15 is 0 Å². The summed E-state index contributed by atoms with van der Waals surface area (Å²) in [6.45, 7) is 9.76. The van der Waals surface area contributed by atoms with Gasteiger partial charge >= 0.3 is 5.97 Å². The highest BCUT2D eigenvalue weighted by Crippen LogP contribution is 2.37. The summed E-state index contributed by atoms with van der Waals surface area (Å²) in [7, 11) is 0. The number of Topliss-reactive ketones (excluding diaryl/α,β-unsaturated/α-hetero) is 3. The first-order chi connectivity index (χ1) is 15.7. The standard InChI is InChI=1S/C28H40O5/c1-6-9-22(24(7-2)25(30)14-18(4)29)15-20-16-23-11-10-21(12-13-27(32)33-8-3)19(5)28(23)26(31)17-20/h10-11,20,22,24H,6-9,12-17H2,1-5H3. The minimum absolute atomic E-state index is 0.0128. The number of hydrogen-bond acceptors (Lipinski definition) is 5. The molecule has 5 nitrogen and oxygen atoms in total. The predicted octanol–water partition coefficient (Wildman–Crippen LogP) is 5.62. The van der Waals surface area contributed by atoms with Crippen LogP contribution in [0.4, 0.5) is 0 Å². The minimum atomic E-state index is -0.215. The second-order valence-corrected chi connectivity index (χ2v) is 9.53. The zero-order valence-corrected chi connectivity index (χ0v) is 21.0. The molecule has 0 bridgehead atoms. The van der Waals surface area contributed by atoms with Gasteiger partial charge in [0.15, 0.2) is 5.78 Å². The monoisotopic (exact) mass is 456 g/mol. The average molecular weight is 457 g/mol. The van der Waals surface area contributed by atoms with Crippen LogP contribution in [-0.4, -0.2) is 29.9 Å². The highest BCUT2D eigenvalue weighted by molar-refractivity contribution is 6.00. The van der Waals surface area contributed by atoms with Gasteiger partial charge in [0.1, 0.15) is 11.6 Å². The lowest BCUT2D eigenvalue weighted by molar-refractivity contribution is -0.143. The molecule has 182 valence electrons. The van der Waals surface area contributed by atoms with E-state index < -0.39 is 0 Å². The normalized spacial score (nSPS) is 17.2. The van der Waals surface area contributed by atoms with Crippen molar-refractivity contribution < 1.29 is 23.9 Å². The molecule has 0 fully saturated rings. The maximum absolute atomic E-state index is 13.2. The number of ether oxygens (including phenoxy) is 1. The summed E-state index contributed by atoms with van der Waals surface area (Å²) >= 11 is 0. The summed E-state index contributed by atoms with van der Waals surface area (Å²) in [6.07, 6.45) is 5.71. The van der Waals surface area contributed by atoms with Crippen molar-refractivity contribution in [1.82, 2.24) is 0 Å². The number of fused-ring (bicyclic) bond motifs is 1. The fourth-order valence-corrected chi connectivity index (χ4v) is 5.51. The van der Waals surface area contributed by atoms with Gasteiger partial charge in [-0.2, -0.15) is 0 Å². The van der Waals surface area contributed by atoms with E-state index in [1.54, 1.807) is 6.92 Å². The largest absolute Gasteiger partial charge is 0.466 e. The van der Waals surface area contributed by atoms with Crippen molar-refractivity contribution in [2.24, 2.45) is 17.8 Å². The van der Waals surface area contributed by atoms with Gasteiger partial charge in [0.25, 0.3) is 0 Å². The van der Waals surface area contributed by atoms with Gasteiger partial charge < -0.3 is 4.74 Å². The number of aryl methyl sites for hydroxylation is 1. The molecule has 1 aliphatic carbocycles. The molecule has 2 rings (SSSR count). The fraction of sp³-hybridized carbons (Fsp3) is 0.643. The van der Waals surface area contributed by atoms with Crippen LogP contribution in [0.15, 0.2) is 12.1 Å². The lowest BCUT2D eigenvalue weighted by Crippen LogP contribution is -2.30. The van der Waals surface area contributed by atoms with Crippen LogP contribution in [0.3, 0.4) is 0 Å². The molecule has 0 heterocycles. The summed E-state index contributed by atoms with van der Waals surface area (Å²) in [5, 5.41) is 0. The minimum Gasteiger partial charge on any atom is -0.466 e. The highest BCUT2D eigenvalue weighted by Gasteiger charge is 2.33. The molecule has 0 aliphatic heterocycles. The second-order valence-electron chi connectivity index (χ2n) is 9.53. The summed E-state index contributed by atoms with van der Waals surface area (Å²) in [6, 6.07) is 4.08. The number of carbonyl (C=O) groups is 4. The molecule has 3 unspecified atom stereocenters. The van der Waals surface area contributed by atoms with E-state index in [2.05, 4.69) is 6.92 Å². The van der Waals surface area contributed by atoms with Crippen molar-refractivity contribution >= 4 is 23.3 Å². The van der Waals surface area contributed by atoms with Crippen LogP contribution in [0.1, 0.15) is 99.7 Å². The Hall–Kier alpha value is -2.30. The summed E-state index contributed by atoms with van der Waals surface area (Å²) < 4.78 is 5.03. The van der Waals surface area contributed by atoms with Crippen LogP contribution in [-0.2, 0) is 32.0 Å². The van der Waals surface area contributed by atoms with Crippen LogP contribution >= 0.6 is 0 Å². The van der Waals surface area contributed by atoms with Gasteiger partial charge in [0, 0.05) is 24.3 Å². The van der Waals surface area contributed by atoms with Crippen molar-refractivity contribution in [3.63, 3.8) is 0 Å². The predicted molar refractivity (Wildman–Crippen MR) is 129 cm³/mol. The molecule has 1 aromatic rings. The molecule has 0 radical (unpaired) electrons. The molecular formula is C28H40O5. The summed E-state index contributed by atoms with van der Waals surface area (Å²) in [5.74, 6) is 0.222. The van der Waals surface area contributed by atoms with E-state index in [9.17, 15) is 19.2 Å². The second kappa shape index (κ2) is 12.8. The van der Waals surface area contributed by atoms with E-state index in [0.29, 0.717) is 25.9 Å². The van der Waals surface area contributed by atoms with Crippen LogP contribution in [0.25, 0.3) is 0 Å². The van der Waals surface area contributed by atoms with E-state index in [1.165, 1.54) is 6.92 Å².